The van der Waals surface area contributed by atoms with Crippen LogP contribution in [0.25, 0.3) is 0 Å². The third kappa shape index (κ3) is 4.21. The van der Waals surface area contributed by atoms with Crippen LogP contribution in [0.15, 0.2) is 6.07 Å². The Kier molecular flexibility index (Phi) is 6.03. The molecule has 1 aromatic rings. The minimum atomic E-state index is 0.266. The lowest BCUT2D eigenvalue weighted by molar-refractivity contribution is 0.0923. The van der Waals surface area contributed by atoms with Crippen LogP contribution in [-0.4, -0.2) is 30.3 Å². The maximum absolute atomic E-state index is 12.3. The molecule has 0 amide bonds. The van der Waals surface area contributed by atoms with Gasteiger partial charge in [0, 0.05) is 21.9 Å². The lowest BCUT2D eigenvalue weighted by atomic mass is 10.1. The number of nitrogens with zero attached hydrogens (tertiary/aromatic N) is 1. The zero-order valence-corrected chi connectivity index (χ0v) is 13.1. The number of hydrogen-bond acceptors (Lipinski definition) is 3. The van der Waals surface area contributed by atoms with Gasteiger partial charge in [0.2, 0.25) is 0 Å². The van der Waals surface area contributed by atoms with Crippen LogP contribution in [0.4, 0.5) is 0 Å². The number of aryl methyl sites for hydroxylation is 2. The summed E-state index contributed by atoms with van der Waals surface area (Å²) in [7, 11) is 0. The van der Waals surface area contributed by atoms with E-state index in [4.69, 9.17) is 0 Å². The van der Waals surface area contributed by atoms with Gasteiger partial charge in [0.25, 0.3) is 0 Å². The lowest BCUT2D eigenvalue weighted by Gasteiger charge is -2.22. The molecule has 2 nitrogen and oxygen atoms in total. The molecule has 102 valence electrons. The molecule has 1 atom stereocenters. The normalized spacial score (nSPS) is 13.0. The Labute approximate surface area is 115 Å². The minimum absolute atomic E-state index is 0.266. The highest BCUT2D eigenvalue weighted by molar-refractivity contribution is 7.12. The van der Waals surface area contributed by atoms with Crippen LogP contribution in [0.5, 0.6) is 0 Å². The Bertz CT molecular complexity index is 397. The molecule has 0 fully saturated rings. The molecule has 0 radical (unpaired) electrons. The van der Waals surface area contributed by atoms with Gasteiger partial charge in [0.1, 0.15) is 0 Å². The first kappa shape index (κ1) is 15.4. The molecule has 1 aromatic heterocycles. The van der Waals surface area contributed by atoms with E-state index in [-0.39, 0.29) is 5.78 Å². The maximum atomic E-state index is 12.3. The molecule has 0 saturated carbocycles. The lowest BCUT2D eigenvalue weighted by Crippen LogP contribution is -2.33. The first-order valence-corrected chi connectivity index (χ1v) is 7.62. The number of Topliss-reactive ketones (excluding diaryl/α,β-unsaturated/α-hetero) is 1. The summed E-state index contributed by atoms with van der Waals surface area (Å²) in [5.41, 5.74) is 0.917. The zero-order valence-electron chi connectivity index (χ0n) is 12.2. The van der Waals surface area contributed by atoms with Crippen molar-refractivity contribution in [1.29, 1.82) is 0 Å². The number of carbonyl (C=O) groups excluding carboxylic acids is 1. The second-order valence-corrected chi connectivity index (χ2v) is 6.55. The number of thiophene rings is 1. The van der Waals surface area contributed by atoms with Gasteiger partial charge >= 0.3 is 0 Å². The molecule has 1 unspecified atom stereocenters. The molecule has 0 aliphatic rings. The van der Waals surface area contributed by atoms with Crippen LogP contribution >= 0.6 is 11.3 Å². The van der Waals surface area contributed by atoms with Crippen LogP contribution < -0.4 is 0 Å². The third-order valence-corrected chi connectivity index (χ3v) is 4.39. The van der Waals surface area contributed by atoms with Crippen molar-refractivity contribution < 1.29 is 4.79 Å². The second kappa shape index (κ2) is 7.05. The number of hydrogen-bond donors (Lipinski definition) is 0. The molecule has 3 heteroatoms. The fourth-order valence-electron chi connectivity index (χ4n) is 2.07. The van der Waals surface area contributed by atoms with Gasteiger partial charge in [-0.1, -0.05) is 27.2 Å². The van der Waals surface area contributed by atoms with Crippen molar-refractivity contribution >= 4 is 17.1 Å². The van der Waals surface area contributed by atoms with Gasteiger partial charge < -0.3 is 0 Å². The van der Waals surface area contributed by atoms with Crippen LogP contribution in [0.3, 0.4) is 0 Å². The molecule has 0 bridgehead atoms. The molecule has 1 heterocycles. The summed E-state index contributed by atoms with van der Waals surface area (Å²) in [5, 5.41) is 0. The van der Waals surface area contributed by atoms with Crippen molar-refractivity contribution in [2.75, 3.05) is 19.6 Å². The predicted octanol–water partition coefficient (Wildman–Crippen LogP) is 3.92. The van der Waals surface area contributed by atoms with Gasteiger partial charge in [-0.05, 0) is 32.4 Å². The second-order valence-electron chi connectivity index (χ2n) is 5.09. The summed E-state index contributed by atoms with van der Waals surface area (Å²) in [5.74, 6) is 0.921. The van der Waals surface area contributed by atoms with Crippen molar-refractivity contribution in [2.45, 2.75) is 41.0 Å². The summed E-state index contributed by atoms with van der Waals surface area (Å²) >= 11 is 1.71. The Balaban J connectivity index is 2.65. The van der Waals surface area contributed by atoms with E-state index in [1.807, 2.05) is 13.0 Å². The summed E-state index contributed by atoms with van der Waals surface area (Å²) in [6.07, 6.45) is 1.17. The summed E-state index contributed by atoms with van der Waals surface area (Å²) in [6.45, 7) is 13.2. The van der Waals surface area contributed by atoms with Gasteiger partial charge in [0.15, 0.2) is 5.78 Å². The Hall–Kier alpha value is -0.670. The predicted molar refractivity (Wildman–Crippen MR) is 79.7 cm³/mol. The first-order chi connectivity index (χ1) is 8.47. The molecule has 0 aromatic carbocycles. The summed E-state index contributed by atoms with van der Waals surface area (Å²) in [4.78, 5) is 16.9. The average molecular weight is 267 g/mol. The van der Waals surface area contributed by atoms with Gasteiger partial charge in [-0.15, -0.1) is 11.3 Å². The van der Waals surface area contributed by atoms with Crippen LogP contribution in [0.1, 0.15) is 47.3 Å². The van der Waals surface area contributed by atoms with E-state index in [0.29, 0.717) is 12.5 Å². The van der Waals surface area contributed by atoms with E-state index in [1.165, 1.54) is 11.3 Å². The number of carbonyl (C=O) groups is 1. The van der Waals surface area contributed by atoms with Crippen molar-refractivity contribution in [3.8, 4) is 0 Å². The van der Waals surface area contributed by atoms with Crippen molar-refractivity contribution in [3.05, 3.63) is 21.4 Å². The fourth-order valence-corrected chi connectivity index (χ4v) is 3.01. The van der Waals surface area contributed by atoms with Crippen molar-refractivity contribution in [3.63, 3.8) is 0 Å². The number of ketones is 1. The SMILES string of the molecule is CCC(C)CN(CC)CC(=O)c1cc(C)sc1C. The Morgan fingerprint density at radius 2 is 2.06 bits per heavy atom. The standard InChI is InChI=1S/C15H25NOS/c1-6-11(3)9-16(7-2)10-15(17)14-8-12(4)18-13(14)5/h8,11H,6-7,9-10H2,1-5H3. The molecule has 0 aliphatic carbocycles. The first-order valence-electron chi connectivity index (χ1n) is 6.80. The molecule has 1 rings (SSSR count). The quantitative estimate of drug-likeness (QED) is 0.698. The zero-order chi connectivity index (χ0) is 13.7. The third-order valence-electron chi connectivity index (χ3n) is 3.42. The molecule has 0 spiro atoms. The van der Waals surface area contributed by atoms with Gasteiger partial charge in [-0.3, -0.25) is 9.69 Å². The van der Waals surface area contributed by atoms with E-state index in [0.717, 1.165) is 23.5 Å². The smallest absolute Gasteiger partial charge is 0.177 e. The maximum Gasteiger partial charge on any atom is 0.177 e. The van der Waals surface area contributed by atoms with Gasteiger partial charge in [-0.2, -0.15) is 0 Å². The van der Waals surface area contributed by atoms with E-state index < -0.39 is 0 Å². The highest BCUT2D eigenvalue weighted by Crippen LogP contribution is 2.21. The number of likely N-dealkylation sites (N-methyl/N-ethyl adjacent to an activating group) is 1. The molecule has 18 heavy (non-hydrogen) atoms. The van der Waals surface area contributed by atoms with E-state index in [2.05, 4.69) is 32.6 Å². The van der Waals surface area contributed by atoms with Crippen molar-refractivity contribution in [1.82, 2.24) is 4.90 Å². The fraction of sp³-hybridized carbons (Fsp3) is 0.667. The van der Waals surface area contributed by atoms with Crippen LogP contribution in [0, 0.1) is 19.8 Å². The monoisotopic (exact) mass is 267 g/mol. The molecule has 0 N–H and O–H groups in total. The average Bonchev–Trinajstić information content (AvgIpc) is 2.67. The molecular formula is C15H25NOS. The Morgan fingerprint density at radius 3 is 2.50 bits per heavy atom. The van der Waals surface area contributed by atoms with E-state index in [9.17, 15) is 4.79 Å². The highest BCUT2D eigenvalue weighted by atomic mass is 32.1. The molecular weight excluding hydrogens is 242 g/mol. The highest BCUT2D eigenvalue weighted by Gasteiger charge is 2.16. The Morgan fingerprint density at radius 1 is 1.39 bits per heavy atom. The summed E-state index contributed by atoms with van der Waals surface area (Å²) in [6, 6.07) is 2.03. The molecule has 0 saturated heterocycles. The largest absolute Gasteiger partial charge is 0.296 e. The summed E-state index contributed by atoms with van der Waals surface area (Å²) < 4.78 is 0. The minimum Gasteiger partial charge on any atom is -0.296 e. The van der Waals surface area contributed by atoms with E-state index in [1.54, 1.807) is 11.3 Å². The van der Waals surface area contributed by atoms with Crippen LogP contribution in [-0.2, 0) is 0 Å². The van der Waals surface area contributed by atoms with Crippen LogP contribution in [0.2, 0.25) is 0 Å². The van der Waals surface area contributed by atoms with Gasteiger partial charge in [-0.25, -0.2) is 0 Å². The number of rotatable bonds is 7. The topological polar surface area (TPSA) is 20.3 Å². The van der Waals surface area contributed by atoms with E-state index >= 15 is 0 Å². The van der Waals surface area contributed by atoms with Gasteiger partial charge in [0.05, 0.1) is 6.54 Å². The molecule has 0 aliphatic heterocycles. The van der Waals surface area contributed by atoms with Crippen molar-refractivity contribution in [2.24, 2.45) is 5.92 Å².